The van der Waals surface area contributed by atoms with Gasteiger partial charge in [0.2, 0.25) is 5.88 Å². The summed E-state index contributed by atoms with van der Waals surface area (Å²) in [4.78, 5) is 11.6. The topological polar surface area (TPSA) is 52.1 Å². The van der Waals surface area contributed by atoms with Crippen molar-refractivity contribution in [2.75, 3.05) is 7.11 Å². The van der Waals surface area contributed by atoms with Crippen molar-refractivity contribution in [3.8, 4) is 5.88 Å². The number of allylic oxidation sites excluding steroid dienone is 1. The van der Waals surface area contributed by atoms with Gasteiger partial charge in [-0.15, -0.1) is 16.8 Å². The number of hydrogen-bond donors (Lipinski definition) is 0. The molecule has 1 aromatic heterocycles. The lowest BCUT2D eigenvalue weighted by molar-refractivity contribution is 0.0977. The van der Waals surface area contributed by atoms with Gasteiger partial charge in [0, 0.05) is 12.5 Å². The molecule has 1 rings (SSSR count). The average molecular weight is 206 g/mol. The van der Waals surface area contributed by atoms with Crippen LogP contribution in [-0.4, -0.2) is 23.1 Å². The number of carbonyl (C=O) groups is 1. The lowest BCUT2D eigenvalue weighted by atomic mass is 10.1. The Labute approximate surface area is 89.0 Å². The van der Waals surface area contributed by atoms with Crippen molar-refractivity contribution in [2.24, 2.45) is 0 Å². The van der Waals surface area contributed by atoms with Crippen molar-refractivity contribution in [1.29, 1.82) is 0 Å². The Bertz CT molecular complexity index is 357. The van der Waals surface area contributed by atoms with Gasteiger partial charge in [-0.25, -0.2) is 0 Å². The highest BCUT2D eigenvalue weighted by atomic mass is 16.5. The second kappa shape index (κ2) is 5.24. The maximum Gasteiger partial charge on any atom is 0.233 e. The van der Waals surface area contributed by atoms with E-state index in [-0.39, 0.29) is 5.78 Å². The number of nitrogens with zero attached hydrogens (tertiary/aromatic N) is 2. The van der Waals surface area contributed by atoms with E-state index >= 15 is 0 Å². The van der Waals surface area contributed by atoms with Gasteiger partial charge in [-0.2, -0.15) is 0 Å². The number of carbonyl (C=O) groups excluding carboxylic acids is 1. The summed E-state index contributed by atoms with van der Waals surface area (Å²) in [5, 5.41) is 7.50. The Kier molecular flexibility index (Phi) is 3.97. The third-order valence-electron chi connectivity index (χ3n) is 1.91. The van der Waals surface area contributed by atoms with Crippen LogP contribution < -0.4 is 4.74 Å². The molecule has 0 aliphatic rings. The fourth-order valence-electron chi connectivity index (χ4n) is 1.03. The molecule has 1 aromatic rings. The summed E-state index contributed by atoms with van der Waals surface area (Å²) >= 11 is 0. The van der Waals surface area contributed by atoms with Crippen LogP contribution in [0.15, 0.2) is 24.3 Å². The smallest absolute Gasteiger partial charge is 0.233 e. The second-order valence-corrected chi connectivity index (χ2v) is 3.34. The average Bonchev–Trinajstić information content (AvgIpc) is 2.26. The molecule has 0 N–H and O–H groups in total. The van der Waals surface area contributed by atoms with Gasteiger partial charge in [-0.3, -0.25) is 4.79 Å². The predicted octanol–water partition coefficient (Wildman–Crippen LogP) is 2.02. The molecule has 0 radical (unpaired) electrons. The van der Waals surface area contributed by atoms with Crippen LogP contribution in [0.2, 0.25) is 0 Å². The molecule has 1 heterocycles. The summed E-state index contributed by atoms with van der Waals surface area (Å²) in [5.74, 6) is 0.389. The van der Waals surface area contributed by atoms with E-state index in [0.717, 1.165) is 5.57 Å². The van der Waals surface area contributed by atoms with Crippen molar-refractivity contribution in [2.45, 2.75) is 19.8 Å². The van der Waals surface area contributed by atoms with Crippen LogP contribution in [0.5, 0.6) is 5.88 Å². The van der Waals surface area contributed by atoms with Gasteiger partial charge in [0.15, 0.2) is 5.78 Å². The Morgan fingerprint density at radius 3 is 2.60 bits per heavy atom. The van der Waals surface area contributed by atoms with Crippen molar-refractivity contribution in [1.82, 2.24) is 10.2 Å². The molecule has 0 saturated carbocycles. The number of ketones is 1. The molecule has 0 atom stereocenters. The van der Waals surface area contributed by atoms with Gasteiger partial charge < -0.3 is 4.74 Å². The maximum atomic E-state index is 11.6. The van der Waals surface area contributed by atoms with Crippen LogP contribution in [0.25, 0.3) is 0 Å². The van der Waals surface area contributed by atoms with Crippen LogP contribution in [0.4, 0.5) is 0 Å². The molecule has 0 spiro atoms. The molecule has 4 heteroatoms. The second-order valence-electron chi connectivity index (χ2n) is 3.34. The number of aromatic nitrogens is 2. The number of Topliss-reactive ketones (excluding diaryl/α,β-unsaturated/α-hetero) is 1. The minimum atomic E-state index is -0.0202. The number of rotatable bonds is 5. The minimum absolute atomic E-state index is 0.0202. The highest BCUT2D eigenvalue weighted by molar-refractivity contribution is 5.94. The number of hydrogen-bond acceptors (Lipinski definition) is 4. The minimum Gasteiger partial charge on any atom is -0.480 e. The summed E-state index contributed by atoms with van der Waals surface area (Å²) in [7, 11) is 1.51. The molecular weight excluding hydrogens is 192 g/mol. The SMILES string of the molecule is C=C(C)CCC(=O)c1ccc(OC)nn1. The zero-order valence-corrected chi connectivity index (χ0v) is 8.99. The van der Waals surface area contributed by atoms with E-state index < -0.39 is 0 Å². The Balaban J connectivity index is 2.62. The van der Waals surface area contributed by atoms with Crippen LogP contribution in [0.1, 0.15) is 30.3 Å². The molecule has 15 heavy (non-hydrogen) atoms. The van der Waals surface area contributed by atoms with Crippen LogP contribution >= 0.6 is 0 Å². The van der Waals surface area contributed by atoms with Crippen molar-refractivity contribution >= 4 is 5.78 Å². The quantitative estimate of drug-likeness (QED) is 0.546. The summed E-state index contributed by atoms with van der Waals surface area (Å²) in [6, 6.07) is 3.24. The number of methoxy groups -OCH3 is 1. The maximum absolute atomic E-state index is 11.6. The molecule has 0 aliphatic carbocycles. The molecule has 0 bridgehead atoms. The Morgan fingerprint density at radius 2 is 2.13 bits per heavy atom. The highest BCUT2D eigenvalue weighted by Crippen LogP contribution is 2.08. The summed E-state index contributed by atoms with van der Waals surface area (Å²) in [5.41, 5.74) is 1.36. The zero-order valence-electron chi connectivity index (χ0n) is 8.99. The Morgan fingerprint density at radius 1 is 1.40 bits per heavy atom. The standard InChI is InChI=1S/C11H14N2O2/c1-8(2)4-6-10(14)9-5-7-11(15-3)13-12-9/h5,7H,1,4,6H2,2-3H3. The van der Waals surface area contributed by atoms with E-state index in [9.17, 15) is 4.79 Å². The van der Waals surface area contributed by atoms with Crippen LogP contribution in [0, 0.1) is 0 Å². The number of ether oxygens (including phenoxy) is 1. The van der Waals surface area contributed by atoms with E-state index in [4.69, 9.17) is 4.74 Å². The van der Waals surface area contributed by atoms with E-state index in [1.807, 2.05) is 6.92 Å². The molecule has 0 unspecified atom stereocenters. The lowest BCUT2D eigenvalue weighted by Crippen LogP contribution is -2.04. The van der Waals surface area contributed by atoms with Crippen molar-refractivity contribution < 1.29 is 9.53 Å². The summed E-state index contributed by atoms with van der Waals surface area (Å²) in [6.07, 6.45) is 1.11. The first-order valence-corrected chi connectivity index (χ1v) is 4.69. The fourth-order valence-corrected chi connectivity index (χ4v) is 1.03. The molecule has 0 amide bonds. The summed E-state index contributed by atoms with van der Waals surface area (Å²) in [6.45, 7) is 5.64. The molecule has 0 aliphatic heterocycles. The van der Waals surface area contributed by atoms with Gasteiger partial charge in [0.25, 0.3) is 0 Å². The van der Waals surface area contributed by atoms with Gasteiger partial charge in [0.1, 0.15) is 5.69 Å². The Hall–Kier alpha value is -1.71. The van der Waals surface area contributed by atoms with E-state index in [0.29, 0.717) is 24.4 Å². The van der Waals surface area contributed by atoms with Crippen molar-refractivity contribution in [3.05, 3.63) is 30.0 Å². The van der Waals surface area contributed by atoms with E-state index in [1.54, 1.807) is 12.1 Å². The third kappa shape index (κ3) is 3.50. The van der Waals surface area contributed by atoms with Gasteiger partial charge in [0.05, 0.1) is 7.11 Å². The van der Waals surface area contributed by atoms with E-state index in [1.165, 1.54) is 7.11 Å². The molecule has 80 valence electrons. The van der Waals surface area contributed by atoms with Crippen molar-refractivity contribution in [3.63, 3.8) is 0 Å². The van der Waals surface area contributed by atoms with Crippen LogP contribution in [0.3, 0.4) is 0 Å². The van der Waals surface area contributed by atoms with E-state index in [2.05, 4.69) is 16.8 Å². The monoisotopic (exact) mass is 206 g/mol. The molecule has 0 saturated heterocycles. The molecule has 0 aromatic carbocycles. The first-order chi connectivity index (χ1) is 7.13. The lowest BCUT2D eigenvalue weighted by Gasteiger charge is -2.00. The zero-order chi connectivity index (χ0) is 11.3. The molecular formula is C11H14N2O2. The highest BCUT2D eigenvalue weighted by Gasteiger charge is 2.08. The van der Waals surface area contributed by atoms with Crippen LogP contribution in [-0.2, 0) is 0 Å². The molecule has 0 fully saturated rings. The van der Waals surface area contributed by atoms with Gasteiger partial charge >= 0.3 is 0 Å². The molecule has 4 nitrogen and oxygen atoms in total. The van der Waals surface area contributed by atoms with Gasteiger partial charge in [-0.05, 0) is 19.4 Å². The summed E-state index contributed by atoms with van der Waals surface area (Å²) < 4.78 is 4.85. The first kappa shape index (κ1) is 11.4. The fraction of sp³-hybridized carbons (Fsp3) is 0.364. The largest absolute Gasteiger partial charge is 0.480 e. The third-order valence-corrected chi connectivity index (χ3v) is 1.91. The van der Waals surface area contributed by atoms with Gasteiger partial charge in [-0.1, -0.05) is 5.57 Å². The predicted molar refractivity (Wildman–Crippen MR) is 57.0 cm³/mol. The first-order valence-electron chi connectivity index (χ1n) is 4.69. The normalized spacial score (nSPS) is 9.73.